The number of aryl methyl sites for hydroxylation is 1. The van der Waals surface area contributed by atoms with Crippen LogP contribution < -0.4 is 10.1 Å². The van der Waals surface area contributed by atoms with E-state index < -0.39 is 0 Å². The Labute approximate surface area is 148 Å². The van der Waals surface area contributed by atoms with Crippen molar-refractivity contribution in [3.8, 4) is 5.75 Å². The monoisotopic (exact) mass is 344 g/mol. The van der Waals surface area contributed by atoms with E-state index in [-0.39, 0.29) is 24.0 Å². The fraction of sp³-hybridized carbons (Fsp3) is 0.350. The molecule has 0 atom stereocenters. The van der Waals surface area contributed by atoms with Crippen molar-refractivity contribution < 1.29 is 13.9 Å². The number of rotatable bonds is 8. The second kappa shape index (κ2) is 9.18. The Morgan fingerprint density at radius 1 is 1.24 bits per heavy atom. The summed E-state index contributed by atoms with van der Waals surface area (Å²) in [6.45, 7) is 5.54. The first-order chi connectivity index (χ1) is 12.0. The van der Waals surface area contributed by atoms with Crippen LogP contribution in [0.2, 0.25) is 0 Å². The lowest BCUT2D eigenvalue weighted by molar-refractivity contribution is -0.117. The van der Waals surface area contributed by atoms with E-state index in [2.05, 4.69) is 12.2 Å². The average Bonchev–Trinajstić information content (AvgIpc) is 2.57. The number of methoxy groups -OCH3 is 1. The summed E-state index contributed by atoms with van der Waals surface area (Å²) >= 11 is 0. The van der Waals surface area contributed by atoms with Crippen LogP contribution in [0.4, 0.5) is 10.1 Å². The van der Waals surface area contributed by atoms with Gasteiger partial charge in [0.25, 0.3) is 0 Å². The number of amides is 1. The molecule has 0 unspecified atom stereocenters. The van der Waals surface area contributed by atoms with Gasteiger partial charge in [0.2, 0.25) is 5.91 Å². The number of carbonyl (C=O) groups is 1. The van der Waals surface area contributed by atoms with Crippen LogP contribution in [0.25, 0.3) is 0 Å². The molecule has 0 heterocycles. The Morgan fingerprint density at radius 2 is 2.00 bits per heavy atom. The summed E-state index contributed by atoms with van der Waals surface area (Å²) in [6.07, 6.45) is 0.913. The van der Waals surface area contributed by atoms with Crippen molar-refractivity contribution in [3.05, 3.63) is 59.4 Å². The molecule has 0 aliphatic heterocycles. The van der Waals surface area contributed by atoms with Crippen LogP contribution in [0.1, 0.15) is 24.5 Å². The average molecular weight is 344 g/mol. The summed E-state index contributed by atoms with van der Waals surface area (Å²) in [5, 5.41) is 2.94. The van der Waals surface area contributed by atoms with Crippen LogP contribution in [0.3, 0.4) is 0 Å². The molecule has 134 valence electrons. The van der Waals surface area contributed by atoms with Crippen LogP contribution in [-0.4, -0.2) is 31.0 Å². The Kier molecular flexibility index (Phi) is 6.95. The maximum atomic E-state index is 13.9. The van der Waals surface area contributed by atoms with Gasteiger partial charge < -0.3 is 10.1 Å². The first-order valence-electron chi connectivity index (χ1n) is 8.43. The van der Waals surface area contributed by atoms with Gasteiger partial charge in [-0.25, -0.2) is 4.39 Å². The number of carbonyl (C=O) groups excluding carboxylic acids is 1. The summed E-state index contributed by atoms with van der Waals surface area (Å²) in [5.41, 5.74) is 2.66. The van der Waals surface area contributed by atoms with Gasteiger partial charge >= 0.3 is 0 Å². The van der Waals surface area contributed by atoms with Crippen LogP contribution in [0, 0.1) is 12.7 Å². The third kappa shape index (κ3) is 5.57. The lowest BCUT2D eigenvalue weighted by atomic mass is 10.2. The van der Waals surface area contributed by atoms with E-state index in [1.165, 1.54) is 13.2 Å². The highest BCUT2D eigenvalue weighted by molar-refractivity contribution is 5.92. The smallest absolute Gasteiger partial charge is 0.238 e. The number of halogens is 1. The van der Waals surface area contributed by atoms with Gasteiger partial charge in [-0.3, -0.25) is 9.69 Å². The topological polar surface area (TPSA) is 41.6 Å². The van der Waals surface area contributed by atoms with Crippen LogP contribution >= 0.6 is 0 Å². The molecule has 4 nitrogen and oxygen atoms in total. The maximum Gasteiger partial charge on any atom is 0.238 e. The second-order valence-electron chi connectivity index (χ2n) is 6.04. The van der Waals surface area contributed by atoms with E-state index in [0.717, 1.165) is 29.8 Å². The first kappa shape index (κ1) is 18.9. The maximum absolute atomic E-state index is 13.9. The zero-order chi connectivity index (χ0) is 18.2. The zero-order valence-corrected chi connectivity index (χ0v) is 15.0. The number of benzene rings is 2. The fourth-order valence-corrected chi connectivity index (χ4v) is 2.70. The van der Waals surface area contributed by atoms with E-state index in [1.807, 2.05) is 42.2 Å². The molecule has 5 heteroatoms. The number of para-hydroxylation sites is 1. The van der Waals surface area contributed by atoms with Crippen molar-refractivity contribution in [1.82, 2.24) is 4.90 Å². The van der Waals surface area contributed by atoms with Crippen molar-refractivity contribution in [2.45, 2.75) is 26.8 Å². The molecular weight excluding hydrogens is 319 g/mol. The van der Waals surface area contributed by atoms with Gasteiger partial charge in [0.1, 0.15) is 0 Å². The third-order valence-corrected chi connectivity index (χ3v) is 3.95. The molecule has 0 aliphatic rings. The molecule has 1 N–H and O–H groups in total. The number of nitrogens with one attached hydrogen (secondary N) is 1. The predicted molar refractivity (Wildman–Crippen MR) is 98.3 cm³/mol. The molecule has 0 aliphatic carbocycles. The lowest BCUT2D eigenvalue weighted by Gasteiger charge is -2.21. The summed E-state index contributed by atoms with van der Waals surface area (Å²) < 4.78 is 18.8. The molecule has 2 aromatic carbocycles. The van der Waals surface area contributed by atoms with Gasteiger partial charge in [0.15, 0.2) is 11.6 Å². The number of hydrogen-bond donors (Lipinski definition) is 1. The first-order valence-corrected chi connectivity index (χ1v) is 8.43. The van der Waals surface area contributed by atoms with Crippen LogP contribution in [0.15, 0.2) is 42.5 Å². The van der Waals surface area contributed by atoms with Gasteiger partial charge in [0, 0.05) is 12.2 Å². The Bertz CT molecular complexity index is 719. The quantitative estimate of drug-likeness (QED) is 0.787. The predicted octanol–water partition coefficient (Wildman–Crippen LogP) is 3.99. The highest BCUT2D eigenvalue weighted by atomic mass is 19.1. The standard InChI is InChI=1S/C20H25FN2O2/c1-4-11-23(13-16-9-10-19(25-3)17(21)12-16)14-20(24)22-18-8-6-5-7-15(18)2/h5-10,12H,4,11,13-14H2,1-3H3,(H,22,24). The third-order valence-electron chi connectivity index (χ3n) is 3.95. The SMILES string of the molecule is CCCN(CC(=O)Nc1ccccc1C)Cc1ccc(OC)c(F)c1. The van der Waals surface area contributed by atoms with E-state index in [0.29, 0.717) is 6.54 Å². The number of ether oxygens (including phenoxy) is 1. The van der Waals surface area contributed by atoms with Gasteiger partial charge in [-0.2, -0.15) is 0 Å². The summed E-state index contributed by atoms with van der Waals surface area (Å²) in [7, 11) is 1.44. The summed E-state index contributed by atoms with van der Waals surface area (Å²) in [6, 6.07) is 12.6. The van der Waals surface area contributed by atoms with Gasteiger partial charge in [-0.05, 0) is 49.2 Å². The Morgan fingerprint density at radius 3 is 2.64 bits per heavy atom. The van der Waals surface area contributed by atoms with E-state index in [9.17, 15) is 9.18 Å². The Balaban J connectivity index is 2.01. The second-order valence-corrected chi connectivity index (χ2v) is 6.04. The van der Waals surface area contributed by atoms with Crippen molar-refractivity contribution in [3.63, 3.8) is 0 Å². The molecular formula is C20H25FN2O2. The van der Waals surface area contributed by atoms with Crippen LogP contribution in [-0.2, 0) is 11.3 Å². The normalized spacial score (nSPS) is 10.8. The number of hydrogen-bond acceptors (Lipinski definition) is 3. The largest absolute Gasteiger partial charge is 0.494 e. The molecule has 0 bridgehead atoms. The van der Waals surface area contributed by atoms with Gasteiger partial charge in [-0.15, -0.1) is 0 Å². The van der Waals surface area contributed by atoms with E-state index in [1.54, 1.807) is 6.07 Å². The highest BCUT2D eigenvalue weighted by Crippen LogP contribution is 2.19. The van der Waals surface area contributed by atoms with Crippen molar-refractivity contribution >= 4 is 11.6 Å². The lowest BCUT2D eigenvalue weighted by Crippen LogP contribution is -2.33. The minimum absolute atomic E-state index is 0.0725. The molecule has 0 saturated carbocycles. The molecule has 0 spiro atoms. The molecule has 2 aromatic rings. The number of nitrogens with zero attached hydrogens (tertiary/aromatic N) is 1. The van der Waals surface area contributed by atoms with Crippen molar-refractivity contribution in [2.24, 2.45) is 0 Å². The molecule has 1 amide bonds. The fourth-order valence-electron chi connectivity index (χ4n) is 2.70. The van der Waals surface area contributed by atoms with Crippen molar-refractivity contribution in [1.29, 1.82) is 0 Å². The molecule has 2 rings (SSSR count). The summed E-state index contributed by atoms with van der Waals surface area (Å²) in [4.78, 5) is 14.4. The van der Waals surface area contributed by atoms with Gasteiger partial charge in [-0.1, -0.05) is 31.2 Å². The van der Waals surface area contributed by atoms with E-state index in [4.69, 9.17) is 4.74 Å². The zero-order valence-electron chi connectivity index (χ0n) is 15.0. The van der Waals surface area contributed by atoms with Crippen molar-refractivity contribution in [2.75, 3.05) is 25.5 Å². The number of anilines is 1. The summed E-state index contributed by atoms with van der Waals surface area (Å²) in [5.74, 6) is -0.236. The Hall–Kier alpha value is -2.40. The van der Waals surface area contributed by atoms with E-state index >= 15 is 0 Å². The minimum Gasteiger partial charge on any atom is -0.494 e. The molecule has 0 radical (unpaired) electrons. The minimum atomic E-state index is -0.388. The van der Waals surface area contributed by atoms with Crippen LogP contribution in [0.5, 0.6) is 5.75 Å². The highest BCUT2D eigenvalue weighted by Gasteiger charge is 2.13. The van der Waals surface area contributed by atoms with Gasteiger partial charge in [0.05, 0.1) is 13.7 Å². The molecule has 0 aromatic heterocycles. The molecule has 25 heavy (non-hydrogen) atoms. The molecule has 0 saturated heterocycles. The molecule has 0 fully saturated rings.